The number of hydrogen-bond donors (Lipinski definition) is 1. The Morgan fingerprint density at radius 1 is 1.26 bits per heavy atom. The molecule has 0 aliphatic heterocycles. The molecule has 0 heterocycles. The third-order valence-electron chi connectivity index (χ3n) is 3.54. The molecular formula is C17H19N3O3. The third kappa shape index (κ3) is 4.37. The minimum Gasteiger partial charge on any atom is -0.507 e. The molecule has 6 nitrogen and oxygen atoms in total. The van der Waals surface area contributed by atoms with Crippen molar-refractivity contribution < 1.29 is 10.0 Å². The topological polar surface area (TPSA) is 79.0 Å². The lowest BCUT2D eigenvalue weighted by Gasteiger charge is -2.22. The van der Waals surface area contributed by atoms with Gasteiger partial charge >= 0.3 is 0 Å². The van der Waals surface area contributed by atoms with E-state index in [1.54, 1.807) is 0 Å². The first-order valence-electron chi connectivity index (χ1n) is 7.17. The summed E-state index contributed by atoms with van der Waals surface area (Å²) < 4.78 is 0. The number of nitro groups is 1. The summed E-state index contributed by atoms with van der Waals surface area (Å²) in [5, 5.41) is 20.6. The highest BCUT2D eigenvalue weighted by molar-refractivity contribution is 5.84. The zero-order valence-electron chi connectivity index (χ0n) is 13.1. The molecule has 1 atom stereocenters. The minimum absolute atomic E-state index is 0.0273. The Labute approximate surface area is 134 Å². The Balaban J connectivity index is 2.16. The molecule has 1 N–H and O–H groups in total. The molecule has 0 bridgehead atoms. The quantitative estimate of drug-likeness (QED) is 0.505. The normalized spacial score (nSPS) is 12.7. The monoisotopic (exact) mass is 313 g/mol. The highest BCUT2D eigenvalue weighted by Gasteiger charge is 2.13. The molecule has 2 aromatic carbocycles. The first-order chi connectivity index (χ1) is 11.0. The van der Waals surface area contributed by atoms with Crippen LogP contribution in [0.3, 0.4) is 0 Å². The zero-order chi connectivity index (χ0) is 16.8. The Hall–Kier alpha value is -2.73. The average Bonchev–Trinajstić information content (AvgIpc) is 2.53. The summed E-state index contributed by atoms with van der Waals surface area (Å²) in [6, 6.07) is 13.9. The summed E-state index contributed by atoms with van der Waals surface area (Å²) in [5.74, 6) is -0.0273. The van der Waals surface area contributed by atoms with Crippen molar-refractivity contribution in [1.82, 2.24) is 4.90 Å². The molecule has 0 aliphatic rings. The van der Waals surface area contributed by atoms with E-state index in [1.165, 1.54) is 24.4 Å². The molecule has 2 aromatic rings. The molecule has 0 spiro atoms. The minimum atomic E-state index is -0.497. The van der Waals surface area contributed by atoms with Crippen molar-refractivity contribution in [3.8, 4) is 5.75 Å². The summed E-state index contributed by atoms with van der Waals surface area (Å²) in [7, 11) is 3.94. The van der Waals surface area contributed by atoms with E-state index in [0.717, 1.165) is 5.56 Å². The van der Waals surface area contributed by atoms with Crippen LogP contribution in [-0.2, 0) is 0 Å². The maximum Gasteiger partial charge on any atom is 0.270 e. The molecule has 0 fully saturated rings. The number of nitrogens with zero attached hydrogens (tertiary/aromatic N) is 3. The molecule has 0 unspecified atom stereocenters. The number of rotatable bonds is 6. The lowest BCUT2D eigenvalue weighted by Crippen LogP contribution is -2.22. The Kier molecular flexibility index (Phi) is 5.43. The molecule has 0 saturated carbocycles. The van der Waals surface area contributed by atoms with Gasteiger partial charge in [0.1, 0.15) is 5.75 Å². The van der Waals surface area contributed by atoms with E-state index in [4.69, 9.17) is 0 Å². The van der Waals surface area contributed by atoms with Crippen LogP contribution in [0.5, 0.6) is 5.75 Å². The van der Waals surface area contributed by atoms with Crippen LogP contribution >= 0.6 is 0 Å². The van der Waals surface area contributed by atoms with E-state index >= 15 is 0 Å². The van der Waals surface area contributed by atoms with Crippen LogP contribution in [0.1, 0.15) is 17.2 Å². The van der Waals surface area contributed by atoms with Crippen LogP contribution in [0.15, 0.2) is 53.5 Å². The summed E-state index contributed by atoms with van der Waals surface area (Å²) >= 11 is 0. The molecule has 23 heavy (non-hydrogen) atoms. The maximum atomic E-state index is 10.8. The molecule has 2 rings (SSSR count). The Morgan fingerprint density at radius 3 is 2.57 bits per heavy atom. The van der Waals surface area contributed by atoms with Gasteiger partial charge in [0, 0.05) is 23.9 Å². The van der Waals surface area contributed by atoms with Crippen molar-refractivity contribution >= 4 is 11.9 Å². The van der Waals surface area contributed by atoms with Gasteiger partial charge in [0.25, 0.3) is 5.69 Å². The van der Waals surface area contributed by atoms with Gasteiger partial charge in [-0.25, -0.2) is 0 Å². The number of phenols is 1. The largest absolute Gasteiger partial charge is 0.507 e. The first kappa shape index (κ1) is 16.6. The third-order valence-corrected chi connectivity index (χ3v) is 3.54. The van der Waals surface area contributed by atoms with Crippen LogP contribution in [0.2, 0.25) is 0 Å². The predicted molar refractivity (Wildman–Crippen MR) is 90.1 cm³/mol. The smallest absolute Gasteiger partial charge is 0.270 e. The SMILES string of the molecule is CN(C)[C@H](CN=Cc1cc([N+](=O)[O-])ccc1O)c1ccccc1. The molecule has 0 saturated heterocycles. The maximum absolute atomic E-state index is 10.8. The Morgan fingerprint density at radius 2 is 1.96 bits per heavy atom. The Bertz CT molecular complexity index is 699. The second kappa shape index (κ2) is 7.51. The summed E-state index contributed by atoms with van der Waals surface area (Å²) in [5.41, 5.74) is 1.40. The summed E-state index contributed by atoms with van der Waals surface area (Å²) in [6.07, 6.45) is 1.47. The molecular weight excluding hydrogens is 294 g/mol. The number of aromatic hydroxyl groups is 1. The molecule has 6 heteroatoms. The van der Waals surface area contributed by atoms with Crippen LogP contribution in [0.4, 0.5) is 5.69 Å². The van der Waals surface area contributed by atoms with Crippen LogP contribution in [-0.4, -0.2) is 41.8 Å². The predicted octanol–water partition coefficient (Wildman–Crippen LogP) is 3.02. The second-order valence-corrected chi connectivity index (χ2v) is 5.38. The van der Waals surface area contributed by atoms with Crippen molar-refractivity contribution in [3.05, 3.63) is 69.8 Å². The van der Waals surface area contributed by atoms with Crippen molar-refractivity contribution in [3.63, 3.8) is 0 Å². The van der Waals surface area contributed by atoms with Gasteiger partial charge in [-0.2, -0.15) is 0 Å². The standard InChI is InChI=1S/C17H19N3O3/c1-19(2)16(13-6-4-3-5-7-13)12-18-11-14-10-15(20(22)23)8-9-17(14)21/h3-11,16,21H,12H2,1-2H3/t16-/m1/s1. The van der Waals surface area contributed by atoms with E-state index in [-0.39, 0.29) is 17.5 Å². The van der Waals surface area contributed by atoms with E-state index < -0.39 is 4.92 Å². The zero-order valence-corrected chi connectivity index (χ0v) is 13.1. The number of non-ortho nitro benzene ring substituents is 1. The molecule has 0 radical (unpaired) electrons. The van der Waals surface area contributed by atoms with Gasteiger partial charge in [0.15, 0.2) is 0 Å². The first-order valence-corrected chi connectivity index (χ1v) is 7.17. The highest BCUT2D eigenvalue weighted by atomic mass is 16.6. The van der Waals surface area contributed by atoms with Crippen molar-refractivity contribution in [2.24, 2.45) is 4.99 Å². The van der Waals surface area contributed by atoms with Crippen LogP contribution in [0, 0.1) is 10.1 Å². The lowest BCUT2D eigenvalue weighted by molar-refractivity contribution is -0.384. The number of likely N-dealkylation sites (N-methyl/N-ethyl adjacent to an activating group) is 1. The van der Waals surface area contributed by atoms with Gasteiger partial charge in [-0.1, -0.05) is 30.3 Å². The van der Waals surface area contributed by atoms with E-state index in [9.17, 15) is 15.2 Å². The van der Waals surface area contributed by atoms with Gasteiger partial charge < -0.3 is 10.0 Å². The van der Waals surface area contributed by atoms with E-state index in [0.29, 0.717) is 12.1 Å². The molecule has 0 amide bonds. The second-order valence-electron chi connectivity index (χ2n) is 5.38. The van der Waals surface area contributed by atoms with Crippen LogP contribution in [0.25, 0.3) is 0 Å². The lowest BCUT2D eigenvalue weighted by atomic mass is 10.1. The number of hydrogen-bond acceptors (Lipinski definition) is 5. The average molecular weight is 313 g/mol. The summed E-state index contributed by atoms with van der Waals surface area (Å²) in [4.78, 5) is 16.7. The van der Waals surface area contributed by atoms with E-state index in [2.05, 4.69) is 9.89 Å². The van der Waals surface area contributed by atoms with Gasteiger partial charge in [-0.15, -0.1) is 0 Å². The van der Waals surface area contributed by atoms with Crippen molar-refractivity contribution in [1.29, 1.82) is 0 Å². The number of nitro benzene ring substituents is 1. The fraction of sp³-hybridized carbons (Fsp3) is 0.235. The molecule has 120 valence electrons. The van der Waals surface area contributed by atoms with Crippen LogP contribution < -0.4 is 0 Å². The molecule has 0 aliphatic carbocycles. The summed E-state index contributed by atoms with van der Waals surface area (Å²) in [6.45, 7) is 0.485. The van der Waals surface area contributed by atoms with Gasteiger partial charge in [0.05, 0.1) is 17.5 Å². The number of phenolic OH excluding ortho intramolecular Hbond substituents is 1. The van der Waals surface area contributed by atoms with Crippen molar-refractivity contribution in [2.45, 2.75) is 6.04 Å². The van der Waals surface area contributed by atoms with Crippen molar-refractivity contribution in [2.75, 3.05) is 20.6 Å². The number of benzene rings is 2. The van der Waals surface area contributed by atoms with Gasteiger partial charge in [-0.3, -0.25) is 15.1 Å². The van der Waals surface area contributed by atoms with Gasteiger partial charge in [0.2, 0.25) is 0 Å². The number of aliphatic imine (C=N–C) groups is 1. The van der Waals surface area contributed by atoms with Gasteiger partial charge in [-0.05, 0) is 25.7 Å². The highest BCUT2D eigenvalue weighted by Crippen LogP contribution is 2.22. The fourth-order valence-electron chi connectivity index (χ4n) is 2.25. The molecule has 0 aromatic heterocycles. The fourth-order valence-corrected chi connectivity index (χ4v) is 2.25. The van der Waals surface area contributed by atoms with E-state index in [1.807, 2.05) is 44.4 Å².